The molecule has 0 radical (unpaired) electrons. The lowest BCUT2D eigenvalue weighted by molar-refractivity contribution is 0.185. The number of hydrogen-bond acceptors (Lipinski definition) is 2. The summed E-state index contributed by atoms with van der Waals surface area (Å²) in [6.07, 6.45) is 4.61. The Labute approximate surface area is 74.6 Å². The largest absolute Gasteiger partial charge is 0.392 e. The first kappa shape index (κ1) is 11.3. The fraction of sp³-hybridized carbons (Fsp3) is 1.00. The van der Waals surface area contributed by atoms with Gasteiger partial charge in [-0.2, -0.15) is 11.8 Å². The van der Waals surface area contributed by atoms with E-state index in [1.807, 2.05) is 11.8 Å². The van der Waals surface area contributed by atoms with Crippen molar-refractivity contribution in [2.75, 3.05) is 11.5 Å². The van der Waals surface area contributed by atoms with Crippen molar-refractivity contribution >= 4 is 11.8 Å². The number of aliphatic hydroxyl groups excluding tert-OH is 1. The highest BCUT2D eigenvalue weighted by molar-refractivity contribution is 7.99. The second kappa shape index (κ2) is 8.41. The highest BCUT2D eigenvalue weighted by Crippen LogP contribution is 2.08. The Balaban J connectivity index is 3.02. The van der Waals surface area contributed by atoms with Gasteiger partial charge in [-0.05, 0) is 12.2 Å². The monoisotopic (exact) mass is 176 g/mol. The molecule has 0 spiro atoms. The van der Waals surface area contributed by atoms with Gasteiger partial charge in [0.25, 0.3) is 0 Å². The van der Waals surface area contributed by atoms with Crippen molar-refractivity contribution in [3.05, 3.63) is 0 Å². The first-order valence-electron chi connectivity index (χ1n) is 4.57. The summed E-state index contributed by atoms with van der Waals surface area (Å²) in [7, 11) is 0. The maximum atomic E-state index is 9.39. The van der Waals surface area contributed by atoms with E-state index in [4.69, 9.17) is 0 Å². The summed E-state index contributed by atoms with van der Waals surface area (Å²) >= 11 is 1.82. The van der Waals surface area contributed by atoms with E-state index < -0.39 is 0 Å². The minimum atomic E-state index is -0.0634. The van der Waals surface area contributed by atoms with Crippen LogP contribution >= 0.6 is 11.8 Å². The van der Waals surface area contributed by atoms with Crippen LogP contribution < -0.4 is 0 Å². The van der Waals surface area contributed by atoms with Gasteiger partial charge in [0.15, 0.2) is 0 Å². The van der Waals surface area contributed by atoms with E-state index in [1.165, 1.54) is 19.3 Å². The molecule has 1 nitrogen and oxygen atoms in total. The van der Waals surface area contributed by atoms with Crippen LogP contribution in [-0.2, 0) is 0 Å². The van der Waals surface area contributed by atoms with Crippen molar-refractivity contribution in [2.24, 2.45) is 0 Å². The average molecular weight is 176 g/mol. The third kappa shape index (κ3) is 8.21. The van der Waals surface area contributed by atoms with Crippen molar-refractivity contribution in [3.8, 4) is 0 Å². The van der Waals surface area contributed by atoms with Crippen LogP contribution in [0.25, 0.3) is 0 Å². The summed E-state index contributed by atoms with van der Waals surface area (Å²) in [5, 5.41) is 9.39. The molecule has 0 heterocycles. The zero-order valence-electron chi connectivity index (χ0n) is 7.68. The van der Waals surface area contributed by atoms with Crippen molar-refractivity contribution < 1.29 is 5.11 Å². The lowest BCUT2D eigenvalue weighted by Gasteiger charge is -2.07. The second-order valence-electron chi connectivity index (χ2n) is 2.81. The molecule has 68 valence electrons. The van der Waals surface area contributed by atoms with E-state index in [0.29, 0.717) is 0 Å². The van der Waals surface area contributed by atoms with E-state index in [2.05, 4.69) is 13.8 Å². The quantitative estimate of drug-likeness (QED) is 0.602. The van der Waals surface area contributed by atoms with Crippen LogP contribution in [0.5, 0.6) is 0 Å². The molecular weight excluding hydrogens is 156 g/mol. The Morgan fingerprint density at radius 2 is 2.00 bits per heavy atom. The van der Waals surface area contributed by atoms with Crippen LogP contribution in [0.2, 0.25) is 0 Å². The Morgan fingerprint density at radius 1 is 1.27 bits per heavy atom. The van der Waals surface area contributed by atoms with Gasteiger partial charge >= 0.3 is 0 Å². The molecule has 0 saturated heterocycles. The molecule has 0 aromatic carbocycles. The van der Waals surface area contributed by atoms with Gasteiger partial charge in [-0.15, -0.1) is 0 Å². The topological polar surface area (TPSA) is 20.2 Å². The number of aliphatic hydroxyl groups is 1. The third-order valence-electron chi connectivity index (χ3n) is 1.66. The van der Waals surface area contributed by atoms with Crippen LogP contribution in [0.4, 0.5) is 0 Å². The van der Waals surface area contributed by atoms with Gasteiger partial charge < -0.3 is 5.11 Å². The minimum Gasteiger partial charge on any atom is -0.392 e. The lowest BCUT2D eigenvalue weighted by atomic mass is 10.1. The fourth-order valence-electron chi connectivity index (χ4n) is 0.967. The number of thioether (sulfide) groups is 1. The minimum absolute atomic E-state index is 0.0634. The molecule has 11 heavy (non-hydrogen) atoms. The standard InChI is InChI=1S/C9H20OS/c1-3-5-6-7-9(10)8-11-4-2/h9-10H,3-8H2,1-2H3. The molecule has 0 amide bonds. The molecule has 0 aliphatic carbocycles. The van der Waals surface area contributed by atoms with E-state index >= 15 is 0 Å². The normalized spacial score (nSPS) is 13.4. The van der Waals surface area contributed by atoms with Crippen LogP contribution in [-0.4, -0.2) is 22.7 Å². The number of unbranched alkanes of at least 4 members (excludes halogenated alkanes) is 2. The van der Waals surface area contributed by atoms with E-state index in [1.54, 1.807) is 0 Å². The molecule has 0 aliphatic rings. The fourth-order valence-corrected chi connectivity index (χ4v) is 1.64. The summed E-state index contributed by atoms with van der Waals surface area (Å²) in [6, 6.07) is 0. The highest BCUT2D eigenvalue weighted by atomic mass is 32.2. The Bertz CT molecular complexity index is 76.0. The molecule has 0 aliphatic heterocycles. The predicted octanol–water partition coefficient (Wildman–Crippen LogP) is 2.68. The molecule has 0 bridgehead atoms. The zero-order valence-corrected chi connectivity index (χ0v) is 8.49. The van der Waals surface area contributed by atoms with Gasteiger partial charge in [0, 0.05) is 5.75 Å². The van der Waals surface area contributed by atoms with E-state index in [9.17, 15) is 5.11 Å². The van der Waals surface area contributed by atoms with Gasteiger partial charge in [0.1, 0.15) is 0 Å². The van der Waals surface area contributed by atoms with Gasteiger partial charge in [-0.1, -0.05) is 33.1 Å². The average Bonchev–Trinajstić information content (AvgIpc) is 2.01. The SMILES string of the molecule is CCCCCC(O)CSCC. The van der Waals surface area contributed by atoms with Crippen molar-refractivity contribution in [3.63, 3.8) is 0 Å². The molecule has 1 unspecified atom stereocenters. The van der Waals surface area contributed by atoms with Gasteiger partial charge in [0.2, 0.25) is 0 Å². The first-order valence-corrected chi connectivity index (χ1v) is 5.72. The smallest absolute Gasteiger partial charge is 0.0630 e. The highest BCUT2D eigenvalue weighted by Gasteiger charge is 2.01. The summed E-state index contributed by atoms with van der Waals surface area (Å²) in [5.41, 5.74) is 0. The van der Waals surface area contributed by atoms with Crippen molar-refractivity contribution in [1.29, 1.82) is 0 Å². The summed E-state index contributed by atoms with van der Waals surface area (Å²) in [5.74, 6) is 2.03. The molecular formula is C9H20OS. The van der Waals surface area contributed by atoms with Gasteiger partial charge in [-0.3, -0.25) is 0 Å². The molecule has 0 saturated carbocycles. The maximum absolute atomic E-state index is 9.39. The van der Waals surface area contributed by atoms with Crippen molar-refractivity contribution in [1.82, 2.24) is 0 Å². The lowest BCUT2D eigenvalue weighted by Crippen LogP contribution is -2.09. The first-order chi connectivity index (χ1) is 5.31. The Morgan fingerprint density at radius 3 is 2.55 bits per heavy atom. The Hall–Kier alpha value is 0.310. The van der Waals surface area contributed by atoms with Crippen LogP contribution in [0.3, 0.4) is 0 Å². The molecule has 2 heteroatoms. The summed E-state index contributed by atoms with van der Waals surface area (Å²) in [6.45, 7) is 4.32. The predicted molar refractivity (Wildman–Crippen MR) is 53.1 cm³/mol. The maximum Gasteiger partial charge on any atom is 0.0630 e. The van der Waals surface area contributed by atoms with Gasteiger partial charge in [-0.25, -0.2) is 0 Å². The summed E-state index contributed by atoms with van der Waals surface area (Å²) < 4.78 is 0. The van der Waals surface area contributed by atoms with Gasteiger partial charge in [0.05, 0.1) is 6.10 Å². The molecule has 1 N–H and O–H groups in total. The van der Waals surface area contributed by atoms with Crippen LogP contribution in [0.15, 0.2) is 0 Å². The third-order valence-corrected chi connectivity index (χ3v) is 2.68. The zero-order chi connectivity index (χ0) is 8.53. The summed E-state index contributed by atoms with van der Waals surface area (Å²) in [4.78, 5) is 0. The van der Waals surface area contributed by atoms with Crippen LogP contribution in [0.1, 0.15) is 39.5 Å². The molecule has 0 aromatic heterocycles. The van der Waals surface area contributed by atoms with E-state index in [0.717, 1.165) is 17.9 Å². The number of rotatable bonds is 7. The second-order valence-corrected chi connectivity index (χ2v) is 4.13. The molecule has 0 aromatic rings. The Kier molecular flexibility index (Phi) is 8.64. The molecule has 0 fully saturated rings. The molecule has 1 atom stereocenters. The molecule has 0 rings (SSSR count). The van der Waals surface area contributed by atoms with Crippen LogP contribution in [0, 0.1) is 0 Å². The number of hydrogen-bond donors (Lipinski definition) is 1. The van der Waals surface area contributed by atoms with E-state index in [-0.39, 0.29) is 6.10 Å². The van der Waals surface area contributed by atoms with Crippen molar-refractivity contribution in [2.45, 2.75) is 45.6 Å².